The summed E-state index contributed by atoms with van der Waals surface area (Å²) in [6, 6.07) is 16.7. The summed E-state index contributed by atoms with van der Waals surface area (Å²) < 4.78 is 7.93. The molecular weight excluding hydrogens is 316 g/mol. The Morgan fingerprint density at radius 3 is 2.24 bits per heavy atom. The topological polar surface area (TPSA) is 54.7 Å². The number of anilines is 1. The second-order valence-corrected chi connectivity index (χ2v) is 5.96. The van der Waals surface area contributed by atoms with Gasteiger partial charge >= 0.3 is 5.97 Å². The highest BCUT2D eigenvalue weighted by molar-refractivity contribution is 5.96. The first kappa shape index (κ1) is 15.3. The number of carboxylic acids is 1. The molecule has 5 heteroatoms. The molecule has 1 aromatic heterocycles. The number of carbonyl (C=O) groups is 1. The standard InChI is InChI=1S/C20H18N2O3/c23-20(24)16-9-10-17(25-15-7-2-1-3-8-15)19(22-13-6-14-22)18(16)21-11-4-5-12-21/h1-5,7-12H,6,13-14H2,(H,23,24). The Hall–Kier alpha value is -3.21. The van der Waals surface area contributed by atoms with E-state index in [0.717, 1.165) is 30.9 Å². The molecule has 2 aromatic carbocycles. The van der Waals surface area contributed by atoms with Crippen LogP contribution in [0.15, 0.2) is 67.0 Å². The minimum atomic E-state index is -0.947. The second-order valence-electron chi connectivity index (χ2n) is 5.96. The largest absolute Gasteiger partial charge is 0.478 e. The first-order valence-corrected chi connectivity index (χ1v) is 8.25. The van der Waals surface area contributed by atoms with Crippen LogP contribution >= 0.6 is 0 Å². The molecule has 0 bridgehead atoms. The molecule has 25 heavy (non-hydrogen) atoms. The number of carboxylic acid groups (broad SMARTS) is 1. The number of aromatic carboxylic acids is 1. The van der Waals surface area contributed by atoms with Gasteiger partial charge in [0.15, 0.2) is 5.75 Å². The fourth-order valence-corrected chi connectivity index (χ4v) is 3.02. The van der Waals surface area contributed by atoms with Crippen molar-refractivity contribution in [1.82, 2.24) is 4.57 Å². The molecule has 0 saturated carbocycles. The van der Waals surface area contributed by atoms with E-state index < -0.39 is 5.97 Å². The molecule has 1 saturated heterocycles. The van der Waals surface area contributed by atoms with Crippen molar-refractivity contribution in [3.63, 3.8) is 0 Å². The Labute approximate surface area is 145 Å². The Kier molecular flexibility index (Phi) is 3.90. The van der Waals surface area contributed by atoms with Crippen LogP contribution in [0, 0.1) is 0 Å². The number of rotatable bonds is 5. The molecule has 0 aliphatic carbocycles. The third-order valence-corrected chi connectivity index (χ3v) is 4.35. The number of para-hydroxylation sites is 1. The summed E-state index contributed by atoms with van der Waals surface area (Å²) in [5.74, 6) is 0.446. The molecule has 0 amide bonds. The monoisotopic (exact) mass is 334 g/mol. The van der Waals surface area contributed by atoms with Gasteiger partial charge in [-0.25, -0.2) is 4.79 Å². The number of hydrogen-bond acceptors (Lipinski definition) is 3. The van der Waals surface area contributed by atoms with Gasteiger partial charge in [0.1, 0.15) is 11.4 Å². The number of hydrogen-bond donors (Lipinski definition) is 1. The maximum absolute atomic E-state index is 11.8. The third-order valence-electron chi connectivity index (χ3n) is 4.35. The van der Waals surface area contributed by atoms with Crippen LogP contribution in [0.4, 0.5) is 5.69 Å². The molecule has 1 N–H and O–H groups in total. The predicted octanol–water partition coefficient (Wildman–Crippen LogP) is 4.18. The van der Waals surface area contributed by atoms with E-state index in [1.807, 2.05) is 59.4 Å². The summed E-state index contributed by atoms with van der Waals surface area (Å²) in [5.41, 5.74) is 1.73. The van der Waals surface area contributed by atoms with E-state index in [4.69, 9.17) is 4.74 Å². The minimum Gasteiger partial charge on any atom is -0.478 e. The van der Waals surface area contributed by atoms with Crippen molar-refractivity contribution in [2.75, 3.05) is 18.0 Å². The van der Waals surface area contributed by atoms with E-state index in [-0.39, 0.29) is 5.56 Å². The van der Waals surface area contributed by atoms with Gasteiger partial charge in [-0.2, -0.15) is 0 Å². The molecule has 0 radical (unpaired) electrons. The van der Waals surface area contributed by atoms with Gasteiger partial charge in [-0.3, -0.25) is 0 Å². The van der Waals surface area contributed by atoms with Crippen LogP contribution < -0.4 is 9.64 Å². The van der Waals surface area contributed by atoms with Crippen LogP contribution in [0.3, 0.4) is 0 Å². The molecule has 126 valence electrons. The van der Waals surface area contributed by atoms with Gasteiger partial charge in [0.05, 0.1) is 11.3 Å². The highest BCUT2D eigenvalue weighted by atomic mass is 16.5. The first-order chi connectivity index (χ1) is 12.2. The molecule has 0 spiro atoms. The molecule has 1 fully saturated rings. The van der Waals surface area contributed by atoms with E-state index in [9.17, 15) is 9.90 Å². The smallest absolute Gasteiger partial charge is 0.337 e. The van der Waals surface area contributed by atoms with Gasteiger partial charge in [-0.15, -0.1) is 0 Å². The average molecular weight is 334 g/mol. The predicted molar refractivity (Wildman–Crippen MR) is 96.1 cm³/mol. The number of ether oxygens (including phenoxy) is 1. The van der Waals surface area contributed by atoms with E-state index >= 15 is 0 Å². The highest BCUT2D eigenvalue weighted by Crippen LogP contribution is 2.41. The normalized spacial score (nSPS) is 13.4. The Bertz CT molecular complexity index is 885. The summed E-state index contributed by atoms with van der Waals surface area (Å²) in [6.07, 6.45) is 4.81. The molecule has 2 heterocycles. The first-order valence-electron chi connectivity index (χ1n) is 8.25. The zero-order valence-electron chi connectivity index (χ0n) is 13.6. The molecule has 1 aliphatic rings. The van der Waals surface area contributed by atoms with E-state index in [0.29, 0.717) is 11.4 Å². The van der Waals surface area contributed by atoms with Crippen molar-refractivity contribution in [2.24, 2.45) is 0 Å². The lowest BCUT2D eigenvalue weighted by molar-refractivity contribution is 0.0697. The molecule has 5 nitrogen and oxygen atoms in total. The van der Waals surface area contributed by atoms with Crippen LogP contribution in [0.1, 0.15) is 16.8 Å². The maximum Gasteiger partial charge on any atom is 0.337 e. The summed E-state index contributed by atoms with van der Waals surface area (Å²) in [5, 5.41) is 9.67. The quantitative estimate of drug-likeness (QED) is 0.760. The summed E-state index contributed by atoms with van der Waals surface area (Å²) in [7, 11) is 0. The zero-order chi connectivity index (χ0) is 17.2. The summed E-state index contributed by atoms with van der Waals surface area (Å²) >= 11 is 0. The van der Waals surface area contributed by atoms with Crippen LogP contribution in [-0.2, 0) is 0 Å². The lowest BCUT2D eigenvalue weighted by Crippen LogP contribution is -2.38. The van der Waals surface area contributed by atoms with Crippen molar-refractivity contribution in [1.29, 1.82) is 0 Å². The van der Waals surface area contributed by atoms with Crippen molar-refractivity contribution < 1.29 is 14.6 Å². The summed E-state index contributed by atoms with van der Waals surface area (Å²) in [6.45, 7) is 1.78. The fraction of sp³-hybridized carbons (Fsp3) is 0.150. The van der Waals surface area contributed by atoms with Crippen LogP contribution in [0.2, 0.25) is 0 Å². The van der Waals surface area contributed by atoms with E-state index in [2.05, 4.69) is 4.90 Å². The molecule has 0 atom stereocenters. The van der Waals surface area contributed by atoms with Gasteiger partial charge < -0.3 is 19.3 Å². The lowest BCUT2D eigenvalue weighted by atomic mass is 10.1. The highest BCUT2D eigenvalue weighted by Gasteiger charge is 2.27. The van der Waals surface area contributed by atoms with Crippen LogP contribution in [0.25, 0.3) is 5.69 Å². The minimum absolute atomic E-state index is 0.263. The zero-order valence-corrected chi connectivity index (χ0v) is 13.6. The third kappa shape index (κ3) is 2.85. The second kappa shape index (κ2) is 6.36. The van der Waals surface area contributed by atoms with Crippen molar-refractivity contribution in [2.45, 2.75) is 6.42 Å². The lowest BCUT2D eigenvalue weighted by Gasteiger charge is -2.36. The fourth-order valence-electron chi connectivity index (χ4n) is 3.02. The van der Waals surface area contributed by atoms with Crippen molar-refractivity contribution >= 4 is 11.7 Å². The Morgan fingerprint density at radius 1 is 0.920 bits per heavy atom. The molecule has 3 aromatic rings. The Morgan fingerprint density at radius 2 is 1.64 bits per heavy atom. The number of benzene rings is 2. The van der Waals surface area contributed by atoms with Crippen molar-refractivity contribution in [3.8, 4) is 17.2 Å². The van der Waals surface area contributed by atoms with E-state index in [1.54, 1.807) is 12.1 Å². The van der Waals surface area contributed by atoms with Crippen LogP contribution in [0.5, 0.6) is 11.5 Å². The maximum atomic E-state index is 11.8. The van der Waals surface area contributed by atoms with Gasteiger partial charge in [0, 0.05) is 25.5 Å². The van der Waals surface area contributed by atoms with E-state index in [1.165, 1.54) is 0 Å². The SMILES string of the molecule is O=C(O)c1ccc(Oc2ccccc2)c(N2CCC2)c1-n1cccc1. The average Bonchev–Trinajstić information content (AvgIpc) is 3.09. The number of nitrogens with zero attached hydrogens (tertiary/aromatic N) is 2. The van der Waals surface area contributed by atoms with Gasteiger partial charge in [-0.1, -0.05) is 18.2 Å². The molecule has 0 unspecified atom stereocenters. The molecule has 4 rings (SSSR count). The summed E-state index contributed by atoms with van der Waals surface area (Å²) in [4.78, 5) is 14.0. The van der Waals surface area contributed by atoms with Gasteiger partial charge in [0.25, 0.3) is 0 Å². The number of aromatic nitrogens is 1. The van der Waals surface area contributed by atoms with Crippen LogP contribution in [-0.4, -0.2) is 28.7 Å². The van der Waals surface area contributed by atoms with Gasteiger partial charge in [0.2, 0.25) is 0 Å². The Balaban J connectivity index is 1.90. The van der Waals surface area contributed by atoms with Gasteiger partial charge in [-0.05, 0) is 42.8 Å². The van der Waals surface area contributed by atoms with Crippen molar-refractivity contribution in [3.05, 3.63) is 72.6 Å². The molecule has 1 aliphatic heterocycles. The molecular formula is C20H18N2O3.